The van der Waals surface area contributed by atoms with E-state index in [1.807, 2.05) is 0 Å². The molecule has 1 fully saturated rings. The fourth-order valence-corrected chi connectivity index (χ4v) is 1.38. The van der Waals surface area contributed by atoms with Crippen molar-refractivity contribution in [2.45, 2.75) is 32.4 Å². The molecule has 2 N–H and O–H groups in total. The molecule has 0 spiro atoms. The summed E-state index contributed by atoms with van der Waals surface area (Å²) in [4.78, 5) is 0. The second-order valence-electron chi connectivity index (χ2n) is 3.05. The van der Waals surface area contributed by atoms with Gasteiger partial charge in [-0.1, -0.05) is 6.92 Å². The maximum atomic E-state index is 8.74. The Morgan fingerprint density at radius 1 is 1.56 bits per heavy atom. The Balaban J connectivity index is 2.35. The lowest BCUT2D eigenvalue weighted by Gasteiger charge is -2.07. The van der Waals surface area contributed by atoms with Crippen LogP contribution in [0.5, 0.6) is 0 Å². The molecule has 0 aromatic carbocycles. The Kier molecular flexibility index (Phi) is 2.09. The molecule has 0 unspecified atom stereocenters. The maximum Gasteiger partial charge on any atom is 0.0584 e. The van der Waals surface area contributed by atoms with Gasteiger partial charge in [-0.15, -0.1) is 0 Å². The second kappa shape index (κ2) is 2.67. The molecule has 1 heterocycles. The average molecular weight is 129 g/mol. The van der Waals surface area contributed by atoms with Gasteiger partial charge in [-0.25, -0.2) is 0 Å². The van der Waals surface area contributed by atoms with Gasteiger partial charge in [0.05, 0.1) is 6.61 Å². The van der Waals surface area contributed by atoms with E-state index in [-0.39, 0.29) is 6.61 Å². The number of hydrogen-bond acceptors (Lipinski definition) is 2. The summed E-state index contributed by atoms with van der Waals surface area (Å²) < 4.78 is 0. The molecule has 2 heteroatoms. The van der Waals surface area contributed by atoms with Crippen molar-refractivity contribution in [3.05, 3.63) is 0 Å². The molecule has 2 nitrogen and oxygen atoms in total. The van der Waals surface area contributed by atoms with Crippen LogP contribution in [0.1, 0.15) is 20.3 Å². The largest absolute Gasteiger partial charge is 0.395 e. The highest BCUT2D eigenvalue weighted by atomic mass is 16.3. The summed E-state index contributed by atoms with van der Waals surface area (Å²) in [6.45, 7) is 4.67. The first-order valence-corrected chi connectivity index (χ1v) is 3.61. The quantitative estimate of drug-likeness (QED) is 0.536. The summed E-state index contributed by atoms with van der Waals surface area (Å²) in [5.74, 6) is 0.724. The van der Waals surface area contributed by atoms with Crippen LogP contribution in [0.2, 0.25) is 0 Å². The zero-order valence-electron chi connectivity index (χ0n) is 6.09. The second-order valence-corrected chi connectivity index (χ2v) is 3.05. The van der Waals surface area contributed by atoms with Crippen LogP contribution >= 0.6 is 0 Å². The third-order valence-corrected chi connectivity index (χ3v) is 2.23. The van der Waals surface area contributed by atoms with Gasteiger partial charge in [-0.05, 0) is 19.3 Å². The van der Waals surface area contributed by atoms with E-state index in [9.17, 15) is 0 Å². The van der Waals surface area contributed by atoms with Gasteiger partial charge in [0.1, 0.15) is 0 Å². The lowest BCUT2D eigenvalue weighted by atomic mass is 10.0. The van der Waals surface area contributed by atoms with Crippen molar-refractivity contribution in [2.24, 2.45) is 5.92 Å². The molecule has 0 radical (unpaired) electrons. The van der Waals surface area contributed by atoms with Crippen LogP contribution in [0.3, 0.4) is 0 Å². The standard InChI is InChI=1S/C7H15NO/c1-5-3-7(4-9)8-6(5)2/h5-9H,3-4H2,1-2H3/t5-,6-,7+/m1/s1. The van der Waals surface area contributed by atoms with Crippen molar-refractivity contribution < 1.29 is 5.11 Å². The van der Waals surface area contributed by atoms with E-state index >= 15 is 0 Å². The molecule has 1 aliphatic heterocycles. The number of nitrogens with one attached hydrogen (secondary N) is 1. The van der Waals surface area contributed by atoms with Crippen LogP contribution in [-0.4, -0.2) is 23.8 Å². The summed E-state index contributed by atoms with van der Waals surface area (Å²) in [6, 6.07) is 0.942. The van der Waals surface area contributed by atoms with Crippen molar-refractivity contribution in [3.8, 4) is 0 Å². The van der Waals surface area contributed by atoms with E-state index < -0.39 is 0 Å². The van der Waals surface area contributed by atoms with Crippen molar-refractivity contribution in [2.75, 3.05) is 6.61 Å². The molecule has 0 aromatic heterocycles. The van der Waals surface area contributed by atoms with Crippen LogP contribution in [-0.2, 0) is 0 Å². The van der Waals surface area contributed by atoms with Crippen LogP contribution < -0.4 is 5.32 Å². The molecule has 1 aliphatic rings. The number of hydrogen-bond donors (Lipinski definition) is 2. The van der Waals surface area contributed by atoms with Crippen molar-refractivity contribution in [3.63, 3.8) is 0 Å². The van der Waals surface area contributed by atoms with Gasteiger partial charge < -0.3 is 10.4 Å². The van der Waals surface area contributed by atoms with Gasteiger partial charge in [0.25, 0.3) is 0 Å². The summed E-state index contributed by atoms with van der Waals surface area (Å²) in [6.07, 6.45) is 1.12. The Morgan fingerprint density at radius 3 is 2.44 bits per heavy atom. The van der Waals surface area contributed by atoms with E-state index in [0.29, 0.717) is 12.1 Å². The van der Waals surface area contributed by atoms with Gasteiger partial charge in [-0.3, -0.25) is 0 Å². The van der Waals surface area contributed by atoms with Gasteiger partial charge in [0, 0.05) is 12.1 Å². The Morgan fingerprint density at radius 2 is 2.22 bits per heavy atom. The first-order chi connectivity index (χ1) is 4.24. The normalized spacial score (nSPS) is 43.7. The Hall–Kier alpha value is -0.0800. The van der Waals surface area contributed by atoms with Gasteiger partial charge in [0.15, 0.2) is 0 Å². The predicted octanol–water partition coefficient (Wildman–Crippen LogP) is 0.365. The van der Waals surface area contributed by atoms with Gasteiger partial charge in [-0.2, -0.15) is 0 Å². The number of aliphatic hydroxyl groups excluding tert-OH is 1. The van der Waals surface area contributed by atoms with Gasteiger partial charge >= 0.3 is 0 Å². The number of aliphatic hydroxyl groups is 1. The Labute approximate surface area is 56.3 Å². The monoisotopic (exact) mass is 129 g/mol. The van der Waals surface area contributed by atoms with Crippen LogP contribution in [0.4, 0.5) is 0 Å². The summed E-state index contributed by atoms with van der Waals surface area (Å²) in [5, 5.41) is 12.0. The smallest absolute Gasteiger partial charge is 0.0584 e. The van der Waals surface area contributed by atoms with E-state index in [1.165, 1.54) is 0 Å². The first-order valence-electron chi connectivity index (χ1n) is 3.61. The molecule has 1 rings (SSSR count). The van der Waals surface area contributed by atoms with Crippen LogP contribution in [0.15, 0.2) is 0 Å². The lowest BCUT2D eigenvalue weighted by molar-refractivity contribution is 0.251. The molecule has 0 aliphatic carbocycles. The van der Waals surface area contributed by atoms with E-state index in [0.717, 1.165) is 12.3 Å². The molecule has 3 atom stereocenters. The zero-order valence-corrected chi connectivity index (χ0v) is 6.09. The molecule has 0 saturated carbocycles. The molecule has 1 saturated heterocycles. The van der Waals surface area contributed by atoms with E-state index in [2.05, 4.69) is 19.2 Å². The van der Waals surface area contributed by atoms with Crippen molar-refractivity contribution in [1.82, 2.24) is 5.32 Å². The van der Waals surface area contributed by atoms with E-state index in [1.54, 1.807) is 0 Å². The summed E-state index contributed by atoms with van der Waals surface area (Å²) in [5.41, 5.74) is 0. The molecule has 0 amide bonds. The zero-order chi connectivity index (χ0) is 6.85. The fraction of sp³-hybridized carbons (Fsp3) is 1.00. The Bertz CT molecular complexity index is 84.9. The van der Waals surface area contributed by atoms with Crippen LogP contribution in [0, 0.1) is 5.92 Å². The predicted molar refractivity (Wildman–Crippen MR) is 37.3 cm³/mol. The highest BCUT2D eigenvalue weighted by Gasteiger charge is 2.25. The fourth-order valence-electron chi connectivity index (χ4n) is 1.38. The molecule has 0 bridgehead atoms. The highest BCUT2D eigenvalue weighted by molar-refractivity contribution is 4.84. The first kappa shape index (κ1) is 7.03. The average Bonchev–Trinajstić information content (AvgIpc) is 2.13. The highest BCUT2D eigenvalue weighted by Crippen LogP contribution is 2.18. The minimum absolute atomic E-state index is 0.286. The maximum absolute atomic E-state index is 8.74. The van der Waals surface area contributed by atoms with Gasteiger partial charge in [0.2, 0.25) is 0 Å². The van der Waals surface area contributed by atoms with E-state index in [4.69, 9.17) is 5.11 Å². The number of rotatable bonds is 1. The van der Waals surface area contributed by atoms with Crippen molar-refractivity contribution in [1.29, 1.82) is 0 Å². The summed E-state index contributed by atoms with van der Waals surface area (Å²) >= 11 is 0. The van der Waals surface area contributed by atoms with Crippen molar-refractivity contribution >= 4 is 0 Å². The molecule has 0 aromatic rings. The molecule has 9 heavy (non-hydrogen) atoms. The lowest BCUT2D eigenvalue weighted by Crippen LogP contribution is -2.30. The minimum Gasteiger partial charge on any atom is -0.395 e. The summed E-state index contributed by atoms with van der Waals surface area (Å²) in [7, 11) is 0. The van der Waals surface area contributed by atoms with Crippen LogP contribution in [0.25, 0.3) is 0 Å². The molecular formula is C7H15NO. The third-order valence-electron chi connectivity index (χ3n) is 2.23. The third kappa shape index (κ3) is 1.43. The topological polar surface area (TPSA) is 32.3 Å². The minimum atomic E-state index is 0.286. The molecular weight excluding hydrogens is 114 g/mol. The molecule has 54 valence electrons. The SMILES string of the molecule is C[C@@H]1C[C@@H](CO)N[C@@H]1C.